The first-order valence-electron chi connectivity index (χ1n) is 6.65. The van der Waals surface area contributed by atoms with E-state index in [0.29, 0.717) is 6.04 Å². The van der Waals surface area contributed by atoms with Crippen LogP contribution in [0.5, 0.6) is 5.75 Å². The molecule has 1 aromatic rings. The SMILES string of the molecule is C#C.COCCN1CCC(N)C1.COc1ccccc1. The average molecular weight is 278 g/mol. The summed E-state index contributed by atoms with van der Waals surface area (Å²) in [7, 11) is 3.39. The van der Waals surface area contributed by atoms with Crippen LogP contribution in [-0.4, -0.2) is 51.4 Å². The fourth-order valence-corrected chi connectivity index (χ4v) is 1.84. The molecule has 2 rings (SSSR count). The van der Waals surface area contributed by atoms with Crippen molar-refractivity contribution in [2.75, 3.05) is 40.5 Å². The largest absolute Gasteiger partial charge is 0.497 e. The van der Waals surface area contributed by atoms with Crippen LogP contribution in [0.4, 0.5) is 0 Å². The quantitative estimate of drug-likeness (QED) is 0.850. The lowest BCUT2D eigenvalue weighted by atomic mass is 10.3. The standard InChI is InChI=1S/C7H16N2O.C7H8O.C2H2/c1-10-5-4-9-3-2-7(8)6-9;1-8-7-5-3-2-4-6-7;1-2/h7H,2-6,8H2,1H3;2-6H,1H3;1-2H. The topological polar surface area (TPSA) is 47.7 Å². The number of hydrogen-bond acceptors (Lipinski definition) is 4. The molecule has 0 saturated carbocycles. The Morgan fingerprint density at radius 3 is 2.30 bits per heavy atom. The van der Waals surface area contributed by atoms with Gasteiger partial charge in [0, 0.05) is 26.2 Å². The summed E-state index contributed by atoms with van der Waals surface area (Å²) in [5, 5.41) is 0. The normalized spacial score (nSPS) is 17.4. The predicted molar refractivity (Wildman–Crippen MR) is 83.8 cm³/mol. The highest BCUT2D eigenvalue weighted by Crippen LogP contribution is 2.06. The zero-order valence-electron chi connectivity index (χ0n) is 12.5. The summed E-state index contributed by atoms with van der Waals surface area (Å²) < 4.78 is 9.87. The molecule has 0 aromatic heterocycles. The van der Waals surface area contributed by atoms with E-state index >= 15 is 0 Å². The van der Waals surface area contributed by atoms with Crippen molar-refractivity contribution in [3.8, 4) is 18.6 Å². The molecule has 20 heavy (non-hydrogen) atoms. The summed E-state index contributed by atoms with van der Waals surface area (Å²) in [4.78, 5) is 2.34. The Labute approximate surface area is 122 Å². The Morgan fingerprint density at radius 1 is 1.25 bits per heavy atom. The highest BCUT2D eigenvalue weighted by atomic mass is 16.5. The summed E-state index contributed by atoms with van der Waals surface area (Å²) in [6.07, 6.45) is 9.14. The van der Waals surface area contributed by atoms with Gasteiger partial charge in [-0.05, 0) is 25.1 Å². The molecular formula is C16H26N2O2. The number of hydrogen-bond donors (Lipinski definition) is 1. The van der Waals surface area contributed by atoms with Gasteiger partial charge in [0.2, 0.25) is 0 Å². The van der Waals surface area contributed by atoms with E-state index in [0.717, 1.165) is 38.4 Å². The van der Waals surface area contributed by atoms with Gasteiger partial charge in [0.15, 0.2) is 0 Å². The molecule has 1 atom stereocenters. The Balaban J connectivity index is 0.000000327. The summed E-state index contributed by atoms with van der Waals surface area (Å²) in [5.41, 5.74) is 5.71. The van der Waals surface area contributed by atoms with Gasteiger partial charge in [0.25, 0.3) is 0 Å². The van der Waals surface area contributed by atoms with Gasteiger partial charge in [0.05, 0.1) is 13.7 Å². The molecule has 2 N–H and O–H groups in total. The molecule has 1 aliphatic rings. The minimum Gasteiger partial charge on any atom is -0.497 e. The maximum Gasteiger partial charge on any atom is 0.118 e. The van der Waals surface area contributed by atoms with Crippen molar-refractivity contribution in [3.63, 3.8) is 0 Å². The third-order valence-corrected chi connectivity index (χ3v) is 2.90. The second-order valence-corrected chi connectivity index (χ2v) is 4.36. The first-order valence-corrected chi connectivity index (χ1v) is 6.65. The van der Waals surface area contributed by atoms with E-state index in [1.807, 2.05) is 30.3 Å². The Kier molecular flexibility index (Phi) is 11.5. The first-order chi connectivity index (χ1) is 9.76. The van der Waals surface area contributed by atoms with E-state index < -0.39 is 0 Å². The maximum atomic E-state index is 5.71. The van der Waals surface area contributed by atoms with E-state index in [1.54, 1.807) is 14.2 Å². The molecule has 1 saturated heterocycles. The number of nitrogens with zero attached hydrogens (tertiary/aromatic N) is 1. The van der Waals surface area contributed by atoms with Gasteiger partial charge in [-0.3, -0.25) is 4.90 Å². The molecular weight excluding hydrogens is 252 g/mol. The number of terminal acetylenes is 1. The minimum atomic E-state index is 0.400. The Hall–Kier alpha value is -1.54. The molecule has 4 nitrogen and oxygen atoms in total. The van der Waals surface area contributed by atoms with Crippen LogP contribution >= 0.6 is 0 Å². The number of nitrogens with two attached hydrogens (primary N) is 1. The molecule has 0 amide bonds. The molecule has 112 valence electrons. The highest BCUT2D eigenvalue weighted by Gasteiger charge is 2.17. The van der Waals surface area contributed by atoms with Crippen LogP contribution in [0.25, 0.3) is 0 Å². The molecule has 0 spiro atoms. The lowest BCUT2D eigenvalue weighted by Gasteiger charge is -2.13. The summed E-state index contributed by atoms with van der Waals surface area (Å²) in [6.45, 7) is 4.05. The minimum absolute atomic E-state index is 0.400. The number of para-hydroxylation sites is 1. The number of methoxy groups -OCH3 is 2. The number of ether oxygens (including phenoxy) is 2. The van der Waals surface area contributed by atoms with Crippen molar-refractivity contribution in [2.24, 2.45) is 5.73 Å². The van der Waals surface area contributed by atoms with Crippen LogP contribution in [-0.2, 0) is 4.74 Å². The lowest BCUT2D eigenvalue weighted by Crippen LogP contribution is -2.28. The summed E-state index contributed by atoms with van der Waals surface area (Å²) in [6, 6.07) is 10.1. The summed E-state index contributed by atoms with van der Waals surface area (Å²) in [5.74, 6) is 0.910. The molecule has 1 heterocycles. The van der Waals surface area contributed by atoms with Crippen molar-refractivity contribution in [1.82, 2.24) is 4.90 Å². The lowest BCUT2D eigenvalue weighted by molar-refractivity contribution is 0.160. The van der Waals surface area contributed by atoms with Gasteiger partial charge in [0.1, 0.15) is 5.75 Å². The molecule has 1 aromatic carbocycles. The average Bonchev–Trinajstić information content (AvgIpc) is 2.94. The zero-order valence-corrected chi connectivity index (χ0v) is 12.5. The fourth-order valence-electron chi connectivity index (χ4n) is 1.84. The van der Waals surface area contributed by atoms with Crippen molar-refractivity contribution < 1.29 is 9.47 Å². The van der Waals surface area contributed by atoms with Crippen molar-refractivity contribution in [1.29, 1.82) is 0 Å². The maximum absolute atomic E-state index is 5.71. The molecule has 0 radical (unpaired) electrons. The van der Waals surface area contributed by atoms with Crippen LogP contribution < -0.4 is 10.5 Å². The van der Waals surface area contributed by atoms with Gasteiger partial charge in [-0.15, -0.1) is 12.8 Å². The van der Waals surface area contributed by atoms with Gasteiger partial charge in [-0.1, -0.05) is 18.2 Å². The van der Waals surface area contributed by atoms with Crippen LogP contribution in [0.15, 0.2) is 30.3 Å². The van der Waals surface area contributed by atoms with Crippen LogP contribution in [0.3, 0.4) is 0 Å². The third-order valence-electron chi connectivity index (χ3n) is 2.90. The second kappa shape index (κ2) is 12.5. The van der Waals surface area contributed by atoms with Crippen molar-refractivity contribution >= 4 is 0 Å². The van der Waals surface area contributed by atoms with Gasteiger partial charge in [-0.2, -0.15) is 0 Å². The molecule has 0 bridgehead atoms. The molecule has 1 aliphatic heterocycles. The number of likely N-dealkylation sites (tertiary alicyclic amines) is 1. The molecule has 1 unspecified atom stereocenters. The Bertz CT molecular complexity index is 341. The second-order valence-electron chi connectivity index (χ2n) is 4.36. The van der Waals surface area contributed by atoms with Crippen LogP contribution in [0, 0.1) is 12.8 Å². The van der Waals surface area contributed by atoms with Gasteiger partial charge in [-0.25, -0.2) is 0 Å². The van der Waals surface area contributed by atoms with E-state index in [2.05, 4.69) is 17.7 Å². The first kappa shape index (κ1) is 18.5. The van der Waals surface area contributed by atoms with Crippen LogP contribution in [0.1, 0.15) is 6.42 Å². The monoisotopic (exact) mass is 278 g/mol. The van der Waals surface area contributed by atoms with Crippen LogP contribution in [0.2, 0.25) is 0 Å². The molecule has 1 fully saturated rings. The van der Waals surface area contributed by atoms with Crippen molar-refractivity contribution in [2.45, 2.75) is 12.5 Å². The predicted octanol–water partition coefficient (Wildman–Crippen LogP) is 1.61. The number of rotatable bonds is 4. The smallest absolute Gasteiger partial charge is 0.118 e. The van der Waals surface area contributed by atoms with Gasteiger partial charge >= 0.3 is 0 Å². The van der Waals surface area contributed by atoms with E-state index in [-0.39, 0.29) is 0 Å². The fraction of sp³-hybridized carbons (Fsp3) is 0.500. The number of benzene rings is 1. The van der Waals surface area contributed by atoms with Gasteiger partial charge < -0.3 is 15.2 Å². The third kappa shape index (κ3) is 8.54. The zero-order chi connectivity index (χ0) is 15.2. The Morgan fingerprint density at radius 2 is 1.90 bits per heavy atom. The summed E-state index contributed by atoms with van der Waals surface area (Å²) >= 11 is 0. The van der Waals surface area contributed by atoms with E-state index in [4.69, 9.17) is 15.2 Å². The molecule has 0 aliphatic carbocycles. The van der Waals surface area contributed by atoms with E-state index in [1.165, 1.54) is 0 Å². The van der Waals surface area contributed by atoms with Crippen molar-refractivity contribution in [3.05, 3.63) is 30.3 Å². The molecule has 4 heteroatoms. The highest BCUT2D eigenvalue weighted by molar-refractivity contribution is 5.20. The van der Waals surface area contributed by atoms with E-state index in [9.17, 15) is 0 Å².